The fourth-order valence-electron chi connectivity index (χ4n) is 8.07. The third-order valence-electron chi connectivity index (χ3n) is 10.4. The van der Waals surface area contributed by atoms with Gasteiger partial charge in [-0.3, -0.25) is 24.6 Å². The molecule has 4 aliphatic heterocycles. The van der Waals surface area contributed by atoms with Gasteiger partial charge in [-0.1, -0.05) is 0 Å². The van der Waals surface area contributed by atoms with E-state index in [2.05, 4.69) is 10.2 Å². The number of carbonyl (C=O) groups is 3. The zero-order chi connectivity index (χ0) is 25.3. The fraction of sp³-hybridized carbons (Fsp3) is 0.690. The molecule has 1 aromatic carbocycles. The predicted molar refractivity (Wildman–Crippen MR) is 135 cm³/mol. The molecule has 0 aromatic heterocycles. The number of hydrogen-bond donors (Lipinski definition) is 1. The quantitative estimate of drug-likeness (QED) is 0.596. The number of nitrogens with zero attached hydrogens (tertiary/aromatic N) is 2. The maximum absolute atomic E-state index is 13.2. The Morgan fingerprint density at radius 3 is 2.49 bits per heavy atom. The molecule has 0 spiro atoms. The Morgan fingerprint density at radius 2 is 1.76 bits per heavy atom. The van der Waals surface area contributed by atoms with Crippen LogP contribution in [0.15, 0.2) is 18.2 Å². The number of nitrogens with one attached hydrogen (secondary N) is 1. The Kier molecular flexibility index (Phi) is 5.63. The highest BCUT2D eigenvalue weighted by Crippen LogP contribution is 2.49. The van der Waals surface area contributed by atoms with E-state index in [0.717, 1.165) is 29.6 Å². The number of carbonyl (C=O) groups excluding carboxylic acids is 3. The monoisotopic (exact) mass is 507 g/mol. The maximum Gasteiger partial charge on any atom is 0.255 e. The van der Waals surface area contributed by atoms with E-state index in [1.165, 1.54) is 51.6 Å². The minimum Gasteiger partial charge on any atom is -0.489 e. The number of likely N-dealkylation sites (tertiary alicyclic amines) is 1. The van der Waals surface area contributed by atoms with Crippen molar-refractivity contribution in [3.8, 4) is 5.75 Å². The molecule has 0 unspecified atom stereocenters. The van der Waals surface area contributed by atoms with E-state index in [-0.39, 0.29) is 29.7 Å². The summed E-state index contributed by atoms with van der Waals surface area (Å²) in [4.78, 5) is 42.1. The SMILES string of the molecule is CO[C@H]1CC[C@H](C2CN([C@@H]3CCC[C@@H]3Oc3ccc4c(c3)CN(C35CC(C3)C(=O)NC5=O)C4=O)C2)CC1. The molecule has 3 amide bonds. The average molecular weight is 508 g/mol. The minimum atomic E-state index is -0.872. The van der Waals surface area contributed by atoms with Crippen molar-refractivity contribution < 1.29 is 23.9 Å². The van der Waals surface area contributed by atoms with Crippen molar-refractivity contribution in [2.45, 2.75) is 88.1 Å². The Hall–Kier alpha value is -2.45. The first kappa shape index (κ1) is 23.7. The van der Waals surface area contributed by atoms with Gasteiger partial charge >= 0.3 is 0 Å². The second-order valence-electron chi connectivity index (χ2n) is 12.3. The van der Waals surface area contributed by atoms with Gasteiger partial charge in [-0.05, 0) is 93.4 Å². The van der Waals surface area contributed by atoms with Crippen molar-refractivity contribution in [2.75, 3.05) is 20.2 Å². The first-order valence-electron chi connectivity index (χ1n) is 14.2. The number of hydrogen-bond acceptors (Lipinski definition) is 6. The molecule has 0 radical (unpaired) electrons. The number of rotatable bonds is 6. The lowest BCUT2D eigenvalue weighted by Crippen LogP contribution is -2.73. The molecule has 3 saturated heterocycles. The lowest BCUT2D eigenvalue weighted by atomic mass is 9.63. The number of amides is 3. The van der Waals surface area contributed by atoms with Gasteiger partial charge in [0.2, 0.25) is 5.91 Å². The first-order chi connectivity index (χ1) is 17.9. The number of fused-ring (bicyclic) bond motifs is 3. The molecule has 1 N–H and O–H groups in total. The summed E-state index contributed by atoms with van der Waals surface area (Å²) in [6.45, 7) is 2.77. The summed E-state index contributed by atoms with van der Waals surface area (Å²) >= 11 is 0. The number of benzene rings is 1. The molecule has 3 saturated carbocycles. The van der Waals surface area contributed by atoms with E-state index in [1.54, 1.807) is 4.90 Å². The topological polar surface area (TPSA) is 88.2 Å². The van der Waals surface area contributed by atoms with E-state index in [1.807, 2.05) is 25.3 Å². The average Bonchev–Trinajstić information content (AvgIpc) is 3.42. The summed E-state index contributed by atoms with van der Waals surface area (Å²) in [5, 5.41) is 2.45. The van der Waals surface area contributed by atoms with Gasteiger partial charge in [-0.2, -0.15) is 0 Å². The number of methoxy groups -OCH3 is 1. The lowest BCUT2D eigenvalue weighted by molar-refractivity contribution is -0.160. The van der Waals surface area contributed by atoms with Gasteiger partial charge in [0.1, 0.15) is 17.4 Å². The second-order valence-corrected chi connectivity index (χ2v) is 12.3. The Balaban J connectivity index is 0.980. The zero-order valence-corrected chi connectivity index (χ0v) is 21.6. The lowest BCUT2D eigenvalue weighted by Gasteiger charge is -2.53. The van der Waals surface area contributed by atoms with E-state index in [9.17, 15) is 14.4 Å². The molecule has 3 aliphatic carbocycles. The third-order valence-corrected chi connectivity index (χ3v) is 10.4. The summed E-state index contributed by atoms with van der Waals surface area (Å²) in [5.41, 5.74) is 0.685. The Morgan fingerprint density at radius 1 is 0.973 bits per heavy atom. The smallest absolute Gasteiger partial charge is 0.255 e. The molecular formula is C29H37N3O5. The molecule has 2 atom stereocenters. The molecule has 2 bridgehead atoms. The van der Waals surface area contributed by atoms with Crippen molar-refractivity contribution in [1.29, 1.82) is 0 Å². The summed E-state index contributed by atoms with van der Waals surface area (Å²) in [6, 6.07) is 6.22. The summed E-state index contributed by atoms with van der Waals surface area (Å²) in [7, 11) is 1.84. The van der Waals surface area contributed by atoms with E-state index in [4.69, 9.17) is 9.47 Å². The normalized spacial score (nSPS) is 37.7. The number of ether oxygens (including phenoxy) is 2. The standard InChI is InChI=1S/C29H37N3O5/c1-36-21-7-5-17(6-8-21)20-14-31(15-20)24-3-2-4-25(24)37-22-9-10-23-18(11-22)16-32(27(23)34)29-12-19(13-29)26(33)30-28(29)35/h9-11,17,19-21,24-25H,2-8,12-16H2,1H3,(H,30,33,35)/t17-,19?,21-,24-,25+,29?/m1/s1. The highest BCUT2D eigenvalue weighted by molar-refractivity contribution is 6.10. The van der Waals surface area contributed by atoms with Gasteiger partial charge in [-0.15, -0.1) is 0 Å². The van der Waals surface area contributed by atoms with Crippen molar-refractivity contribution >= 4 is 17.7 Å². The molecule has 8 rings (SSSR count). The van der Waals surface area contributed by atoms with Gasteiger partial charge in [0, 0.05) is 44.3 Å². The summed E-state index contributed by atoms with van der Waals surface area (Å²) in [5.74, 6) is 1.66. The van der Waals surface area contributed by atoms with Gasteiger partial charge < -0.3 is 14.4 Å². The maximum atomic E-state index is 13.2. The Bertz CT molecular complexity index is 1120. The Labute approximate surface area is 218 Å². The van der Waals surface area contributed by atoms with Crippen LogP contribution in [0.5, 0.6) is 5.75 Å². The van der Waals surface area contributed by atoms with E-state index >= 15 is 0 Å². The van der Waals surface area contributed by atoms with E-state index < -0.39 is 5.54 Å². The largest absolute Gasteiger partial charge is 0.489 e. The van der Waals surface area contributed by atoms with Crippen LogP contribution in [0.3, 0.4) is 0 Å². The molecular weight excluding hydrogens is 470 g/mol. The molecule has 198 valence electrons. The van der Waals surface area contributed by atoms with Gasteiger partial charge in [0.15, 0.2) is 0 Å². The minimum absolute atomic E-state index is 0.116. The van der Waals surface area contributed by atoms with Crippen molar-refractivity contribution in [3.05, 3.63) is 29.3 Å². The van der Waals surface area contributed by atoms with Crippen LogP contribution in [0, 0.1) is 17.8 Å². The van der Waals surface area contributed by atoms with Gasteiger partial charge in [-0.25, -0.2) is 0 Å². The van der Waals surface area contributed by atoms with Crippen LogP contribution in [-0.4, -0.2) is 71.5 Å². The van der Waals surface area contributed by atoms with Crippen LogP contribution in [0.4, 0.5) is 0 Å². The first-order valence-corrected chi connectivity index (χ1v) is 14.2. The molecule has 1 aromatic rings. The molecule has 8 nitrogen and oxygen atoms in total. The summed E-state index contributed by atoms with van der Waals surface area (Å²) < 4.78 is 12.1. The van der Waals surface area contributed by atoms with Crippen LogP contribution < -0.4 is 10.1 Å². The van der Waals surface area contributed by atoms with Crippen molar-refractivity contribution in [2.24, 2.45) is 17.8 Å². The molecule has 6 fully saturated rings. The molecule has 37 heavy (non-hydrogen) atoms. The van der Waals surface area contributed by atoms with Crippen LogP contribution >= 0.6 is 0 Å². The third kappa shape index (κ3) is 3.74. The van der Waals surface area contributed by atoms with Crippen LogP contribution in [-0.2, 0) is 20.9 Å². The summed E-state index contributed by atoms with van der Waals surface area (Å²) in [6.07, 6.45) is 9.95. The highest BCUT2D eigenvalue weighted by atomic mass is 16.5. The van der Waals surface area contributed by atoms with Crippen LogP contribution in [0.1, 0.15) is 73.7 Å². The molecule has 8 heteroatoms. The highest BCUT2D eigenvalue weighted by Gasteiger charge is 2.63. The molecule has 7 aliphatic rings. The van der Waals surface area contributed by atoms with E-state index in [0.29, 0.717) is 37.1 Å². The zero-order valence-electron chi connectivity index (χ0n) is 21.6. The van der Waals surface area contributed by atoms with Gasteiger partial charge in [0.05, 0.1) is 6.10 Å². The molecule has 4 heterocycles. The van der Waals surface area contributed by atoms with Crippen molar-refractivity contribution in [1.82, 2.24) is 15.1 Å². The number of imide groups is 1. The van der Waals surface area contributed by atoms with Crippen molar-refractivity contribution in [3.63, 3.8) is 0 Å². The predicted octanol–water partition coefficient (Wildman–Crippen LogP) is 2.88. The van der Waals surface area contributed by atoms with Crippen LogP contribution in [0.2, 0.25) is 0 Å². The number of piperidine rings is 2. The van der Waals surface area contributed by atoms with Gasteiger partial charge in [0.25, 0.3) is 11.8 Å². The fourth-order valence-corrected chi connectivity index (χ4v) is 8.07. The second kappa shape index (κ2) is 8.80. The van der Waals surface area contributed by atoms with Crippen LogP contribution in [0.25, 0.3) is 0 Å².